The predicted molar refractivity (Wildman–Crippen MR) is 103 cm³/mol. The summed E-state index contributed by atoms with van der Waals surface area (Å²) in [5, 5.41) is 0. The number of fused-ring (bicyclic) bond motifs is 7. The highest BCUT2D eigenvalue weighted by atomic mass is 32.2. The van der Waals surface area contributed by atoms with Crippen molar-refractivity contribution < 1.29 is 25.8 Å². The predicted octanol–water partition coefficient (Wildman–Crippen LogP) is 6.03. The molecule has 5 aliphatic rings. The molecule has 4 saturated carbocycles. The Labute approximate surface area is 171 Å². The van der Waals surface area contributed by atoms with Crippen LogP contribution in [0.3, 0.4) is 0 Å². The lowest BCUT2D eigenvalue weighted by Crippen LogP contribution is -2.48. The Morgan fingerprint density at radius 3 is 2.03 bits per heavy atom. The van der Waals surface area contributed by atoms with E-state index in [4.69, 9.17) is 0 Å². The minimum absolute atomic E-state index is 0.00201. The standard InChI is InChI=1S/C22H31F3O3S/c23-22(24,25)29(26,27)28-15-6-9-17-14(12-15)5-8-21-19(17)11-10-18-16-3-1-2-13(16)4-7-20(18)21/h6,13-14,16-21H,1-5,7-12H2. The van der Waals surface area contributed by atoms with Crippen molar-refractivity contribution in [1.82, 2.24) is 0 Å². The van der Waals surface area contributed by atoms with E-state index in [-0.39, 0.29) is 11.7 Å². The Morgan fingerprint density at radius 2 is 1.34 bits per heavy atom. The number of hydrogen-bond acceptors (Lipinski definition) is 3. The number of halogens is 3. The quantitative estimate of drug-likeness (QED) is 0.396. The molecule has 0 amide bonds. The molecule has 0 aliphatic heterocycles. The van der Waals surface area contributed by atoms with Gasteiger partial charge in [0.2, 0.25) is 0 Å². The molecule has 0 N–H and O–H groups in total. The monoisotopic (exact) mass is 432 g/mol. The highest BCUT2D eigenvalue weighted by Crippen LogP contribution is 2.60. The normalized spacial score (nSPS) is 44.7. The van der Waals surface area contributed by atoms with Crippen LogP contribution in [0.5, 0.6) is 0 Å². The highest BCUT2D eigenvalue weighted by molar-refractivity contribution is 7.87. The molecule has 3 nitrogen and oxygen atoms in total. The van der Waals surface area contributed by atoms with Gasteiger partial charge in [-0.1, -0.05) is 12.8 Å². The van der Waals surface area contributed by atoms with Gasteiger partial charge in [-0.25, -0.2) is 0 Å². The minimum atomic E-state index is -5.55. The van der Waals surface area contributed by atoms with E-state index >= 15 is 0 Å². The van der Waals surface area contributed by atoms with Crippen LogP contribution >= 0.6 is 0 Å². The van der Waals surface area contributed by atoms with Crippen molar-refractivity contribution in [2.45, 2.75) is 76.1 Å². The van der Waals surface area contributed by atoms with Crippen molar-refractivity contribution in [2.24, 2.45) is 47.3 Å². The summed E-state index contributed by atoms with van der Waals surface area (Å²) >= 11 is 0. The van der Waals surface area contributed by atoms with Crippen molar-refractivity contribution in [3.63, 3.8) is 0 Å². The van der Waals surface area contributed by atoms with Crippen LogP contribution in [-0.4, -0.2) is 13.9 Å². The lowest BCUT2D eigenvalue weighted by molar-refractivity contribution is -0.0615. The Morgan fingerprint density at radius 1 is 0.759 bits per heavy atom. The third kappa shape index (κ3) is 3.43. The molecule has 0 bridgehead atoms. The third-order valence-corrected chi connectivity index (χ3v) is 10.2. The Hall–Kier alpha value is -0.720. The highest BCUT2D eigenvalue weighted by Gasteiger charge is 2.53. The maximum absolute atomic E-state index is 12.7. The topological polar surface area (TPSA) is 43.4 Å². The second kappa shape index (κ2) is 7.16. The summed E-state index contributed by atoms with van der Waals surface area (Å²) in [6.45, 7) is 0. The molecule has 7 heteroatoms. The van der Waals surface area contributed by atoms with Crippen LogP contribution in [0.15, 0.2) is 11.8 Å². The van der Waals surface area contributed by atoms with E-state index in [9.17, 15) is 21.6 Å². The van der Waals surface area contributed by atoms with Crippen molar-refractivity contribution in [2.75, 3.05) is 0 Å². The summed E-state index contributed by atoms with van der Waals surface area (Å²) in [5.74, 6) is 5.85. The molecule has 0 aromatic heterocycles. The molecule has 5 rings (SSSR count). The zero-order valence-corrected chi connectivity index (χ0v) is 17.6. The SMILES string of the molecule is O=S(=O)(OC1=CCC2C(CCC3C2CCC2C4CCCC4CCC23)C1)C(F)(F)F. The fourth-order valence-corrected chi connectivity index (χ4v) is 8.73. The van der Waals surface area contributed by atoms with Gasteiger partial charge in [-0.3, -0.25) is 0 Å². The molecule has 0 spiro atoms. The number of alkyl halides is 3. The summed E-state index contributed by atoms with van der Waals surface area (Å²) in [4.78, 5) is 0. The van der Waals surface area contributed by atoms with Crippen molar-refractivity contribution in [3.8, 4) is 0 Å². The first-order valence-electron chi connectivity index (χ1n) is 11.4. The molecule has 0 radical (unpaired) electrons. The lowest BCUT2D eigenvalue weighted by atomic mass is 9.49. The maximum Gasteiger partial charge on any atom is 0.534 e. The summed E-state index contributed by atoms with van der Waals surface area (Å²) in [5.41, 5.74) is -5.36. The van der Waals surface area contributed by atoms with Gasteiger partial charge < -0.3 is 4.18 Å². The van der Waals surface area contributed by atoms with Crippen molar-refractivity contribution >= 4 is 10.1 Å². The van der Waals surface area contributed by atoms with Crippen molar-refractivity contribution in [3.05, 3.63) is 11.8 Å². The van der Waals surface area contributed by atoms with E-state index in [1.165, 1.54) is 44.9 Å². The molecule has 8 unspecified atom stereocenters. The lowest BCUT2D eigenvalue weighted by Gasteiger charge is -2.56. The first-order valence-corrected chi connectivity index (χ1v) is 12.8. The summed E-state index contributed by atoms with van der Waals surface area (Å²) < 4.78 is 65.2. The molecular weight excluding hydrogens is 401 g/mol. The largest absolute Gasteiger partial charge is 0.534 e. The van der Waals surface area contributed by atoms with Gasteiger partial charge >= 0.3 is 15.6 Å². The van der Waals surface area contributed by atoms with Crippen LogP contribution in [0, 0.1) is 47.3 Å². The van der Waals surface area contributed by atoms with Crippen LogP contribution in [0.2, 0.25) is 0 Å². The van der Waals surface area contributed by atoms with Crippen molar-refractivity contribution in [1.29, 1.82) is 0 Å². The zero-order chi connectivity index (χ0) is 20.4. The molecular formula is C22H31F3O3S. The second-order valence-electron chi connectivity index (χ2n) is 10.3. The summed E-state index contributed by atoms with van der Waals surface area (Å²) in [6.07, 6.45) is 14.4. The maximum atomic E-state index is 12.7. The van der Waals surface area contributed by atoms with Gasteiger partial charge in [-0.2, -0.15) is 21.6 Å². The molecule has 0 heterocycles. The fourth-order valence-electron chi connectivity index (χ4n) is 8.22. The Balaban J connectivity index is 1.29. The van der Waals surface area contributed by atoms with Crippen LogP contribution in [-0.2, 0) is 14.3 Å². The van der Waals surface area contributed by atoms with Crippen LogP contribution in [0.4, 0.5) is 13.2 Å². The number of hydrogen-bond donors (Lipinski definition) is 0. The average molecular weight is 433 g/mol. The third-order valence-electron chi connectivity index (χ3n) is 9.23. The molecule has 5 aliphatic carbocycles. The summed E-state index contributed by atoms with van der Waals surface area (Å²) in [6, 6.07) is 0. The molecule has 4 fully saturated rings. The summed E-state index contributed by atoms with van der Waals surface area (Å²) in [7, 11) is -5.55. The first-order chi connectivity index (χ1) is 13.7. The van der Waals surface area contributed by atoms with E-state index in [0.29, 0.717) is 24.7 Å². The first kappa shape index (κ1) is 20.2. The van der Waals surface area contributed by atoms with Gasteiger partial charge in [0.05, 0.1) is 0 Å². The zero-order valence-electron chi connectivity index (χ0n) is 16.7. The second-order valence-corrected chi connectivity index (χ2v) is 11.8. The van der Waals surface area contributed by atoms with Gasteiger partial charge in [0.1, 0.15) is 5.76 Å². The Bertz CT molecular complexity index is 775. The van der Waals surface area contributed by atoms with Crippen LogP contribution in [0.25, 0.3) is 0 Å². The number of allylic oxidation sites excluding steroid dienone is 2. The molecule has 8 atom stereocenters. The van der Waals surface area contributed by atoms with E-state index in [1.807, 2.05) is 0 Å². The smallest absolute Gasteiger partial charge is 0.381 e. The molecule has 0 aromatic rings. The van der Waals surface area contributed by atoms with E-state index < -0.39 is 15.6 Å². The molecule has 164 valence electrons. The molecule has 0 saturated heterocycles. The van der Waals surface area contributed by atoms with Gasteiger partial charge in [0.15, 0.2) is 0 Å². The van der Waals surface area contributed by atoms with Crippen LogP contribution < -0.4 is 0 Å². The van der Waals surface area contributed by atoms with Gasteiger partial charge in [0, 0.05) is 6.42 Å². The minimum Gasteiger partial charge on any atom is -0.381 e. The molecule has 0 aromatic carbocycles. The van der Waals surface area contributed by atoms with E-state index in [1.54, 1.807) is 6.08 Å². The number of rotatable bonds is 2. The van der Waals surface area contributed by atoms with E-state index in [0.717, 1.165) is 42.4 Å². The van der Waals surface area contributed by atoms with Gasteiger partial charge in [-0.15, -0.1) is 0 Å². The molecule has 29 heavy (non-hydrogen) atoms. The van der Waals surface area contributed by atoms with E-state index in [2.05, 4.69) is 4.18 Å². The van der Waals surface area contributed by atoms with Gasteiger partial charge in [0.25, 0.3) is 0 Å². The van der Waals surface area contributed by atoms with Gasteiger partial charge in [-0.05, 0) is 105 Å². The fraction of sp³-hybridized carbons (Fsp3) is 0.909. The van der Waals surface area contributed by atoms with Crippen LogP contribution in [0.1, 0.15) is 70.6 Å². The average Bonchev–Trinajstić information content (AvgIpc) is 3.15. The Kier molecular flexibility index (Phi) is 4.99.